The van der Waals surface area contributed by atoms with Gasteiger partial charge in [-0.25, -0.2) is 0 Å². The Balaban J connectivity index is 4.21. The summed E-state index contributed by atoms with van der Waals surface area (Å²) in [6.07, 6.45) is 9.93. The molecule has 0 aliphatic rings. The van der Waals surface area contributed by atoms with Crippen molar-refractivity contribution in [1.29, 1.82) is 0 Å². The summed E-state index contributed by atoms with van der Waals surface area (Å²) in [5.41, 5.74) is -0.713. The zero-order chi connectivity index (χ0) is 19.1. The molecule has 0 bridgehead atoms. The highest BCUT2D eigenvalue weighted by atomic mass is 16.4. The molecule has 0 heterocycles. The van der Waals surface area contributed by atoms with E-state index in [1.807, 2.05) is 6.92 Å². The molecule has 0 aromatic carbocycles. The minimum absolute atomic E-state index is 0.161. The highest BCUT2D eigenvalue weighted by molar-refractivity contribution is 4.91. The van der Waals surface area contributed by atoms with Crippen LogP contribution in [0.5, 0.6) is 0 Å². The minimum Gasteiger partial charge on any atom is -0.396 e. The third kappa shape index (κ3) is 9.37. The first-order valence-electron chi connectivity index (χ1n) is 10.6. The van der Waals surface area contributed by atoms with Crippen LogP contribution in [0.25, 0.3) is 0 Å². The van der Waals surface area contributed by atoms with Gasteiger partial charge in [-0.1, -0.05) is 85.0 Å². The molecule has 4 nitrogen and oxygen atoms in total. The molecule has 0 aliphatic carbocycles. The second-order valence-electron chi connectivity index (χ2n) is 7.74. The van der Waals surface area contributed by atoms with Crippen LogP contribution < -0.4 is 0 Å². The normalized spacial score (nSPS) is 17.9. The van der Waals surface area contributed by atoms with E-state index in [1.165, 1.54) is 38.5 Å². The average Bonchev–Trinajstić information content (AvgIpc) is 2.64. The van der Waals surface area contributed by atoms with Gasteiger partial charge < -0.3 is 20.4 Å². The highest BCUT2D eigenvalue weighted by Crippen LogP contribution is 2.35. The molecule has 0 saturated carbocycles. The predicted molar refractivity (Wildman–Crippen MR) is 105 cm³/mol. The standard InChI is InChI=1S/C21H44O4/c1-4-7-9-10-11-12-13-14-15-18(23)19(24)20(25)21(6-3,17-22)16-8-5-2/h18-20,22-25H,4-17H2,1-3H3. The van der Waals surface area contributed by atoms with Crippen molar-refractivity contribution < 1.29 is 20.4 Å². The van der Waals surface area contributed by atoms with Gasteiger partial charge in [0.15, 0.2) is 0 Å². The lowest BCUT2D eigenvalue weighted by atomic mass is 9.73. The van der Waals surface area contributed by atoms with Gasteiger partial charge >= 0.3 is 0 Å². The van der Waals surface area contributed by atoms with E-state index in [-0.39, 0.29) is 6.61 Å². The van der Waals surface area contributed by atoms with E-state index in [0.717, 1.165) is 25.7 Å². The summed E-state index contributed by atoms with van der Waals surface area (Å²) in [7, 11) is 0. The van der Waals surface area contributed by atoms with Gasteiger partial charge in [0.2, 0.25) is 0 Å². The van der Waals surface area contributed by atoms with Crippen molar-refractivity contribution in [3.63, 3.8) is 0 Å². The van der Waals surface area contributed by atoms with Crippen molar-refractivity contribution in [3.8, 4) is 0 Å². The quantitative estimate of drug-likeness (QED) is 0.293. The number of rotatable bonds is 17. The van der Waals surface area contributed by atoms with Crippen LogP contribution in [0.2, 0.25) is 0 Å². The summed E-state index contributed by atoms with van der Waals surface area (Å²) in [4.78, 5) is 0. The Morgan fingerprint density at radius 1 is 0.720 bits per heavy atom. The zero-order valence-electron chi connectivity index (χ0n) is 16.9. The molecule has 4 N–H and O–H groups in total. The monoisotopic (exact) mass is 360 g/mol. The highest BCUT2D eigenvalue weighted by Gasteiger charge is 2.41. The van der Waals surface area contributed by atoms with Gasteiger partial charge in [-0.05, 0) is 19.3 Å². The largest absolute Gasteiger partial charge is 0.396 e. The van der Waals surface area contributed by atoms with Crippen molar-refractivity contribution in [3.05, 3.63) is 0 Å². The molecule has 0 fully saturated rings. The SMILES string of the molecule is CCCCCCCCCCC(O)C(O)C(O)C(CC)(CO)CCCC. The van der Waals surface area contributed by atoms with Crippen LogP contribution in [0, 0.1) is 5.41 Å². The van der Waals surface area contributed by atoms with Gasteiger partial charge in [0.1, 0.15) is 6.10 Å². The third-order valence-electron chi connectivity index (χ3n) is 5.75. The number of hydrogen-bond acceptors (Lipinski definition) is 4. The summed E-state index contributed by atoms with van der Waals surface area (Å²) >= 11 is 0. The van der Waals surface area contributed by atoms with Gasteiger partial charge in [0, 0.05) is 5.41 Å². The maximum Gasteiger partial charge on any atom is 0.106 e. The van der Waals surface area contributed by atoms with Crippen molar-refractivity contribution >= 4 is 0 Å². The van der Waals surface area contributed by atoms with E-state index < -0.39 is 23.7 Å². The lowest BCUT2D eigenvalue weighted by Crippen LogP contribution is -2.50. The third-order valence-corrected chi connectivity index (χ3v) is 5.75. The van der Waals surface area contributed by atoms with Crippen molar-refractivity contribution in [2.45, 2.75) is 123 Å². The van der Waals surface area contributed by atoms with Gasteiger partial charge in [0.05, 0.1) is 18.8 Å². The molecule has 4 unspecified atom stereocenters. The summed E-state index contributed by atoms with van der Waals surface area (Å²) in [5.74, 6) is 0. The molecular formula is C21H44O4. The molecule has 0 aromatic rings. The molecule has 0 saturated heterocycles. The van der Waals surface area contributed by atoms with Crippen LogP contribution in [0.3, 0.4) is 0 Å². The van der Waals surface area contributed by atoms with E-state index in [0.29, 0.717) is 19.3 Å². The number of aliphatic hydroxyl groups is 4. The Bertz CT molecular complexity index is 292. The van der Waals surface area contributed by atoms with E-state index in [9.17, 15) is 20.4 Å². The Kier molecular flexibility index (Phi) is 14.9. The molecular weight excluding hydrogens is 316 g/mol. The molecule has 0 spiro atoms. The van der Waals surface area contributed by atoms with E-state index in [1.54, 1.807) is 0 Å². The molecule has 4 atom stereocenters. The molecule has 0 amide bonds. The molecule has 152 valence electrons. The van der Waals surface area contributed by atoms with Crippen molar-refractivity contribution in [2.75, 3.05) is 6.61 Å². The topological polar surface area (TPSA) is 80.9 Å². The van der Waals surface area contributed by atoms with Gasteiger partial charge in [-0.3, -0.25) is 0 Å². The number of hydrogen-bond donors (Lipinski definition) is 4. The van der Waals surface area contributed by atoms with Crippen molar-refractivity contribution in [1.82, 2.24) is 0 Å². The Morgan fingerprint density at radius 2 is 1.24 bits per heavy atom. The average molecular weight is 361 g/mol. The summed E-state index contributed by atoms with van der Waals surface area (Å²) < 4.78 is 0. The molecule has 0 rings (SSSR count). The molecule has 0 radical (unpaired) electrons. The maximum absolute atomic E-state index is 10.6. The van der Waals surface area contributed by atoms with Crippen LogP contribution in [-0.2, 0) is 0 Å². The predicted octanol–water partition coefficient (Wildman–Crippen LogP) is 4.18. The lowest BCUT2D eigenvalue weighted by molar-refractivity contribution is -0.131. The first-order valence-corrected chi connectivity index (χ1v) is 10.6. The first kappa shape index (κ1) is 24.8. The fourth-order valence-corrected chi connectivity index (χ4v) is 3.58. The van der Waals surface area contributed by atoms with Crippen LogP contribution >= 0.6 is 0 Å². The molecule has 25 heavy (non-hydrogen) atoms. The van der Waals surface area contributed by atoms with E-state index in [4.69, 9.17) is 0 Å². The van der Waals surface area contributed by atoms with Gasteiger partial charge in [-0.15, -0.1) is 0 Å². The van der Waals surface area contributed by atoms with Gasteiger partial charge in [0.25, 0.3) is 0 Å². The second-order valence-corrected chi connectivity index (χ2v) is 7.74. The first-order chi connectivity index (χ1) is 12.0. The Morgan fingerprint density at radius 3 is 1.72 bits per heavy atom. The van der Waals surface area contributed by atoms with Crippen LogP contribution in [0.1, 0.15) is 104 Å². The van der Waals surface area contributed by atoms with Crippen LogP contribution in [0.4, 0.5) is 0 Å². The smallest absolute Gasteiger partial charge is 0.106 e. The summed E-state index contributed by atoms with van der Waals surface area (Å²) in [5, 5.41) is 41.0. The molecule has 4 heteroatoms. The Hall–Kier alpha value is -0.160. The van der Waals surface area contributed by atoms with Gasteiger partial charge in [-0.2, -0.15) is 0 Å². The molecule has 0 aliphatic heterocycles. The zero-order valence-corrected chi connectivity index (χ0v) is 16.9. The summed E-state index contributed by atoms with van der Waals surface area (Å²) in [6, 6.07) is 0. The number of aliphatic hydroxyl groups excluding tert-OH is 4. The van der Waals surface area contributed by atoms with Crippen LogP contribution in [0.15, 0.2) is 0 Å². The van der Waals surface area contributed by atoms with Crippen LogP contribution in [-0.4, -0.2) is 45.3 Å². The fraction of sp³-hybridized carbons (Fsp3) is 1.00. The minimum atomic E-state index is -1.19. The lowest BCUT2D eigenvalue weighted by Gasteiger charge is -2.39. The summed E-state index contributed by atoms with van der Waals surface area (Å²) in [6.45, 7) is 6.05. The number of unbranched alkanes of at least 4 members (excludes halogenated alkanes) is 8. The second kappa shape index (κ2) is 15.0. The van der Waals surface area contributed by atoms with Crippen molar-refractivity contribution in [2.24, 2.45) is 5.41 Å². The Labute approximate surface area is 155 Å². The fourth-order valence-electron chi connectivity index (χ4n) is 3.58. The molecule has 0 aromatic heterocycles. The van der Waals surface area contributed by atoms with E-state index in [2.05, 4.69) is 13.8 Å². The maximum atomic E-state index is 10.6. The van der Waals surface area contributed by atoms with E-state index >= 15 is 0 Å².